The summed E-state index contributed by atoms with van der Waals surface area (Å²) in [6, 6.07) is 0.240. The lowest BCUT2D eigenvalue weighted by Crippen LogP contribution is -2.54. The number of carboxylic acid groups (broad SMARTS) is 1. The van der Waals surface area contributed by atoms with Crippen LogP contribution in [0.4, 0.5) is 0 Å². The zero-order chi connectivity index (χ0) is 18.6. The molecule has 2 fully saturated rings. The summed E-state index contributed by atoms with van der Waals surface area (Å²) in [6.45, 7) is 0.0735. The second-order valence-corrected chi connectivity index (χ2v) is 7.49. The number of nitrogens with one attached hydrogen (secondary N) is 2. The summed E-state index contributed by atoms with van der Waals surface area (Å²) < 4.78 is 1.44. The van der Waals surface area contributed by atoms with E-state index in [0.717, 1.165) is 32.1 Å². The van der Waals surface area contributed by atoms with E-state index in [-0.39, 0.29) is 30.8 Å². The van der Waals surface area contributed by atoms with E-state index in [0.29, 0.717) is 18.4 Å². The van der Waals surface area contributed by atoms with E-state index in [4.69, 9.17) is 5.11 Å². The van der Waals surface area contributed by atoms with Crippen molar-refractivity contribution in [3.63, 3.8) is 0 Å². The minimum Gasteiger partial charge on any atom is -0.481 e. The van der Waals surface area contributed by atoms with Gasteiger partial charge in [0.05, 0.1) is 23.7 Å². The van der Waals surface area contributed by atoms with Gasteiger partial charge in [-0.1, -0.05) is 19.3 Å². The Bertz CT molecular complexity index is 674. The molecule has 2 aliphatic carbocycles. The first-order valence-corrected chi connectivity index (χ1v) is 9.32. The molecule has 142 valence electrons. The number of nitrogens with zero attached hydrogens (tertiary/aromatic N) is 2. The fraction of sp³-hybridized carbons (Fsp3) is 0.667. The number of carboxylic acids is 1. The number of aliphatic carboxylic acids is 1. The van der Waals surface area contributed by atoms with Crippen molar-refractivity contribution in [2.24, 2.45) is 0 Å². The van der Waals surface area contributed by atoms with Crippen molar-refractivity contribution in [3.05, 3.63) is 18.0 Å². The summed E-state index contributed by atoms with van der Waals surface area (Å²) in [5.74, 6) is -1.36. The molecule has 2 aliphatic rings. The SMILES string of the molecule is O=C(O)CC1(NC(=O)c2cnn(CC(=O)NC3CCCCC3)c2)CCC1. The van der Waals surface area contributed by atoms with Crippen LogP contribution >= 0.6 is 0 Å². The van der Waals surface area contributed by atoms with Crippen LogP contribution < -0.4 is 10.6 Å². The van der Waals surface area contributed by atoms with Gasteiger partial charge in [-0.2, -0.15) is 5.10 Å². The number of aromatic nitrogens is 2. The molecule has 1 aromatic rings. The van der Waals surface area contributed by atoms with E-state index in [9.17, 15) is 14.4 Å². The summed E-state index contributed by atoms with van der Waals surface area (Å²) in [4.78, 5) is 35.5. The van der Waals surface area contributed by atoms with Gasteiger partial charge >= 0.3 is 5.97 Å². The van der Waals surface area contributed by atoms with E-state index < -0.39 is 11.5 Å². The molecule has 26 heavy (non-hydrogen) atoms. The number of hydrogen-bond acceptors (Lipinski definition) is 4. The topological polar surface area (TPSA) is 113 Å². The second kappa shape index (κ2) is 7.88. The molecule has 0 unspecified atom stereocenters. The summed E-state index contributed by atoms with van der Waals surface area (Å²) in [6.07, 6.45) is 10.7. The van der Waals surface area contributed by atoms with Gasteiger partial charge in [-0.15, -0.1) is 0 Å². The van der Waals surface area contributed by atoms with Crippen molar-refractivity contribution < 1.29 is 19.5 Å². The second-order valence-electron chi connectivity index (χ2n) is 7.49. The first-order chi connectivity index (χ1) is 12.5. The molecule has 0 aromatic carbocycles. The van der Waals surface area contributed by atoms with Crippen LogP contribution in [0.5, 0.6) is 0 Å². The standard InChI is InChI=1S/C18H26N4O4/c23-15(20-14-5-2-1-3-6-14)12-22-11-13(10-19-22)17(26)21-18(7-4-8-18)9-16(24)25/h10-11,14H,1-9,12H2,(H,20,23)(H,21,26)(H,24,25). The molecule has 8 nitrogen and oxygen atoms in total. The molecule has 0 atom stereocenters. The number of carbonyl (C=O) groups excluding carboxylic acids is 2. The summed E-state index contributed by atoms with van der Waals surface area (Å²) in [7, 11) is 0. The Morgan fingerprint density at radius 1 is 1.19 bits per heavy atom. The van der Waals surface area contributed by atoms with Crippen molar-refractivity contribution in [1.29, 1.82) is 0 Å². The van der Waals surface area contributed by atoms with E-state index in [2.05, 4.69) is 15.7 Å². The Labute approximate surface area is 152 Å². The number of rotatable bonds is 7. The van der Waals surface area contributed by atoms with E-state index in [1.807, 2.05) is 0 Å². The van der Waals surface area contributed by atoms with Crippen LogP contribution in [0, 0.1) is 0 Å². The van der Waals surface area contributed by atoms with Gasteiger partial charge in [0.1, 0.15) is 6.54 Å². The van der Waals surface area contributed by atoms with Crippen molar-refractivity contribution in [3.8, 4) is 0 Å². The highest BCUT2D eigenvalue weighted by Gasteiger charge is 2.40. The normalized spacial score (nSPS) is 19.4. The first kappa shape index (κ1) is 18.4. The van der Waals surface area contributed by atoms with E-state index in [1.165, 1.54) is 23.5 Å². The number of amides is 2. The smallest absolute Gasteiger partial charge is 0.305 e. The van der Waals surface area contributed by atoms with Crippen LogP contribution in [-0.4, -0.2) is 44.3 Å². The lowest BCUT2D eigenvalue weighted by molar-refractivity contribution is -0.139. The van der Waals surface area contributed by atoms with Crippen LogP contribution in [-0.2, 0) is 16.1 Å². The Morgan fingerprint density at radius 3 is 2.54 bits per heavy atom. The van der Waals surface area contributed by atoms with Gasteiger partial charge in [-0.3, -0.25) is 19.1 Å². The molecule has 1 heterocycles. The van der Waals surface area contributed by atoms with Crippen molar-refractivity contribution in [2.45, 2.75) is 75.9 Å². The van der Waals surface area contributed by atoms with E-state index in [1.54, 1.807) is 0 Å². The maximum absolute atomic E-state index is 12.4. The zero-order valence-corrected chi connectivity index (χ0v) is 14.9. The third kappa shape index (κ3) is 4.62. The molecule has 3 N–H and O–H groups in total. The maximum atomic E-state index is 12.4. The van der Waals surface area contributed by atoms with Gasteiger partial charge in [-0.05, 0) is 32.1 Å². The third-order valence-corrected chi connectivity index (χ3v) is 5.35. The highest BCUT2D eigenvalue weighted by molar-refractivity contribution is 5.94. The van der Waals surface area contributed by atoms with Gasteiger partial charge in [-0.25, -0.2) is 0 Å². The molecule has 0 spiro atoms. The van der Waals surface area contributed by atoms with Gasteiger partial charge in [0.15, 0.2) is 0 Å². The van der Waals surface area contributed by atoms with Crippen molar-refractivity contribution in [1.82, 2.24) is 20.4 Å². The third-order valence-electron chi connectivity index (χ3n) is 5.35. The first-order valence-electron chi connectivity index (χ1n) is 9.32. The monoisotopic (exact) mass is 362 g/mol. The van der Waals surface area contributed by atoms with Crippen molar-refractivity contribution >= 4 is 17.8 Å². The molecule has 0 radical (unpaired) electrons. The molecule has 0 bridgehead atoms. The minimum atomic E-state index is -0.917. The van der Waals surface area contributed by atoms with Crippen LogP contribution in [0.1, 0.15) is 68.1 Å². The van der Waals surface area contributed by atoms with E-state index >= 15 is 0 Å². The number of hydrogen-bond donors (Lipinski definition) is 3. The maximum Gasteiger partial charge on any atom is 0.305 e. The van der Waals surface area contributed by atoms with Gasteiger partial charge in [0, 0.05) is 12.2 Å². The lowest BCUT2D eigenvalue weighted by Gasteiger charge is -2.41. The van der Waals surface area contributed by atoms with Crippen LogP contribution in [0.25, 0.3) is 0 Å². The Hall–Kier alpha value is -2.38. The average Bonchev–Trinajstić information content (AvgIpc) is 3.01. The minimum absolute atomic E-state index is 0.0727. The fourth-order valence-corrected chi connectivity index (χ4v) is 3.79. The quantitative estimate of drug-likeness (QED) is 0.679. The molecule has 1 aromatic heterocycles. The molecule has 2 saturated carbocycles. The Balaban J connectivity index is 1.52. The average molecular weight is 362 g/mol. The van der Waals surface area contributed by atoms with Crippen molar-refractivity contribution in [2.75, 3.05) is 0 Å². The van der Waals surface area contributed by atoms with Crippen LogP contribution in [0.2, 0.25) is 0 Å². The molecule has 0 aliphatic heterocycles. The summed E-state index contributed by atoms with van der Waals surface area (Å²) in [5, 5.41) is 19.0. The fourth-order valence-electron chi connectivity index (χ4n) is 3.79. The van der Waals surface area contributed by atoms with Gasteiger partial charge in [0.2, 0.25) is 5.91 Å². The zero-order valence-electron chi connectivity index (χ0n) is 14.9. The van der Waals surface area contributed by atoms with Crippen LogP contribution in [0.15, 0.2) is 12.4 Å². The predicted molar refractivity (Wildman–Crippen MR) is 93.5 cm³/mol. The highest BCUT2D eigenvalue weighted by atomic mass is 16.4. The lowest BCUT2D eigenvalue weighted by atomic mass is 9.74. The summed E-state index contributed by atoms with van der Waals surface area (Å²) in [5.41, 5.74) is -0.309. The molecule has 0 saturated heterocycles. The molecular weight excluding hydrogens is 336 g/mol. The molecular formula is C18H26N4O4. The molecule has 8 heteroatoms. The van der Waals surface area contributed by atoms with Gasteiger partial charge in [0.25, 0.3) is 5.91 Å². The Kier molecular flexibility index (Phi) is 5.58. The molecule has 2 amide bonds. The number of carbonyl (C=O) groups is 3. The summed E-state index contributed by atoms with van der Waals surface area (Å²) >= 11 is 0. The predicted octanol–water partition coefficient (Wildman–Crippen LogP) is 1.46. The Morgan fingerprint density at radius 2 is 1.92 bits per heavy atom. The molecule has 3 rings (SSSR count). The van der Waals surface area contributed by atoms with Crippen LogP contribution in [0.3, 0.4) is 0 Å². The van der Waals surface area contributed by atoms with Gasteiger partial charge < -0.3 is 15.7 Å². The highest BCUT2D eigenvalue weighted by Crippen LogP contribution is 2.35. The largest absolute Gasteiger partial charge is 0.481 e.